The molecule has 1 amide bonds. The molecule has 0 aromatic carbocycles. The van der Waals surface area contributed by atoms with Crippen LogP contribution in [0.4, 0.5) is 5.82 Å². The number of rotatable bonds is 2. The molecule has 2 aromatic heterocycles. The Kier molecular flexibility index (Phi) is 5.19. The maximum absolute atomic E-state index is 12.6. The summed E-state index contributed by atoms with van der Waals surface area (Å²) in [7, 11) is 0. The van der Waals surface area contributed by atoms with E-state index in [1.54, 1.807) is 11.0 Å². The quantitative estimate of drug-likeness (QED) is 0.813. The molecule has 2 aliphatic heterocycles. The fourth-order valence-corrected chi connectivity index (χ4v) is 3.05. The highest BCUT2D eigenvalue weighted by Gasteiger charge is 2.25. The van der Waals surface area contributed by atoms with Gasteiger partial charge in [-0.3, -0.25) is 4.79 Å². The number of nitrogens with zero attached hydrogens (tertiary/aromatic N) is 4. The van der Waals surface area contributed by atoms with Crippen LogP contribution in [-0.4, -0.2) is 73.4 Å². The van der Waals surface area contributed by atoms with E-state index in [9.17, 15) is 4.79 Å². The molecule has 0 bridgehead atoms. The number of anilines is 1. The Morgan fingerprint density at radius 1 is 1.04 bits per heavy atom. The summed E-state index contributed by atoms with van der Waals surface area (Å²) < 4.78 is 16.6. The third-order valence-electron chi connectivity index (χ3n) is 4.29. The molecule has 4 heterocycles. The monoisotopic (exact) mass is 348 g/mol. The van der Waals surface area contributed by atoms with Crippen molar-refractivity contribution in [3.05, 3.63) is 17.7 Å². The van der Waals surface area contributed by atoms with Crippen molar-refractivity contribution in [3.63, 3.8) is 0 Å². The molecule has 25 heavy (non-hydrogen) atoms. The zero-order valence-electron chi connectivity index (χ0n) is 13.7. The fourth-order valence-electron chi connectivity index (χ4n) is 3.05. The molecule has 2 fully saturated rings. The fraction of sp³-hybridized carbons (Fsp3) is 0.588. The second kappa shape index (κ2) is 7.37. The molecule has 2 saturated heterocycles. The van der Waals surface area contributed by atoms with Gasteiger partial charge in [-0.05, 0) is 6.92 Å². The Hall–Kier alpha value is -2.19. The summed E-state index contributed by atoms with van der Waals surface area (Å²) in [4.78, 5) is 25.5. The number of carbonyl (C=O) groups excluding carboxylic acids is 1. The molecule has 0 N–H and O–H groups in total. The van der Waals surface area contributed by atoms with Crippen LogP contribution in [0.5, 0.6) is 0 Å². The first kappa shape index (κ1) is 17.6. The van der Waals surface area contributed by atoms with Gasteiger partial charge in [0.25, 0.3) is 5.91 Å². The zero-order valence-corrected chi connectivity index (χ0v) is 13.7. The zero-order chi connectivity index (χ0) is 16.5. The topological polar surface area (TPSA) is 80.9 Å². The van der Waals surface area contributed by atoms with E-state index in [1.807, 2.05) is 6.92 Å². The summed E-state index contributed by atoms with van der Waals surface area (Å²) in [5, 5.41) is 0. The summed E-state index contributed by atoms with van der Waals surface area (Å²) in [5.74, 6) is 1.58. The molecule has 0 saturated carbocycles. The highest BCUT2D eigenvalue weighted by molar-refractivity contribution is 5.97. The van der Waals surface area contributed by atoms with Crippen molar-refractivity contribution < 1.29 is 18.7 Å². The Morgan fingerprint density at radius 2 is 1.68 bits per heavy atom. The third kappa shape index (κ3) is 3.45. The van der Waals surface area contributed by atoms with Crippen molar-refractivity contribution in [1.82, 2.24) is 14.9 Å². The summed E-state index contributed by atoms with van der Waals surface area (Å²) in [6.45, 7) is 6.94. The number of hydrogen-bond donors (Lipinski definition) is 0. The van der Waals surface area contributed by atoms with Crippen LogP contribution in [0.25, 0.3) is 11.1 Å². The first-order valence-corrected chi connectivity index (χ1v) is 8.20. The van der Waals surface area contributed by atoms with E-state index in [1.165, 1.54) is 0 Å². The SMILES string of the molecule is C.Cc1nc(N2CCOCC2)c2oc(C(=O)N3CCOCC3)cc2n1. The van der Waals surface area contributed by atoms with E-state index >= 15 is 0 Å². The molecular formula is C17H24N4O4. The number of carbonyl (C=O) groups is 1. The van der Waals surface area contributed by atoms with Crippen LogP contribution < -0.4 is 4.90 Å². The van der Waals surface area contributed by atoms with Crippen molar-refractivity contribution in [2.24, 2.45) is 0 Å². The van der Waals surface area contributed by atoms with Gasteiger partial charge >= 0.3 is 0 Å². The van der Waals surface area contributed by atoms with Crippen LogP contribution in [0.15, 0.2) is 10.5 Å². The van der Waals surface area contributed by atoms with Gasteiger partial charge in [0, 0.05) is 32.2 Å². The van der Waals surface area contributed by atoms with Crippen LogP contribution in [-0.2, 0) is 9.47 Å². The predicted octanol–water partition coefficient (Wildman–Crippen LogP) is 1.48. The van der Waals surface area contributed by atoms with Crippen LogP contribution in [0.3, 0.4) is 0 Å². The van der Waals surface area contributed by atoms with Gasteiger partial charge in [-0.15, -0.1) is 0 Å². The molecule has 0 aliphatic carbocycles. The lowest BCUT2D eigenvalue weighted by Crippen LogP contribution is -2.40. The number of furan rings is 1. The number of aryl methyl sites for hydroxylation is 1. The second-order valence-electron chi connectivity index (χ2n) is 5.92. The molecule has 8 heteroatoms. The number of fused-ring (bicyclic) bond motifs is 1. The molecule has 0 atom stereocenters. The van der Waals surface area contributed by atoms with Gasteiger partial charge in [0.1, 0.15) is 11.3 Å². The standard InChI is InChI=1S/C16H20N4O4.CH4/c1-11-17-12-10-13(16(21)20-4-8-23-9-5-20)24-14(12)15(18-11)19-2-6-22-7-3-19;/h10H,2-9H2,1H3;1H4. The molecule has 0 radical (unpaired) electrons. The van der Waals surface area contributed by atoms with Crippen molar-refractivity contribution in [2.45, 2.75) is 14.4 Å². The van der Waals surface area contributed by atoms with Crippen molar-refractivity contribution in [1.29, 1.82) is 0 Å². The summed E-state index contributed by atoms with van der Waals surface area (Å²) in [6.07, 6.45) is 0. The molecular weight excluding hydrogens is 324 g/mol. The summed E-state index contributed by atoms with van der Waals surface area (Å²) in [6, 6.07) is 1.71. The first-order chi connectivity index (χ1) is 11.7. The van der Waals surface area contributed by atoms with Crippen LogP contribution in [0.1, 0.15) is 23.8 Å². The minimum atomic E-state index is -0.123. The van der Waals surface area contributed by atoms with Gasteiger partial charge in [0.15, 0.2) is 17.2 Å². The van der Waals surface area contributed by atoms with Gasteiger partial charge in [-0.25, -0.2) is 9.97 Å². The second-order valence-corrected chi connectivity index (χ2v) is 5.92. The number of aromatic nitrogens is 2. The Labute approximate surface area is 146 Å². The van der Waals surface area contributed by atoms with Gasteiger partial charge in [0.05, 0.1) is 26.4 Å². The maximum atomic E-state index is 12.6. The third-order valence-corrected chi connectivity index (χ3v) is 4.29. The van der Waals surface area contributed by atoms with Gasteiger partial charge in [-0.1, -0.05) is 7.43 Å². The normalized spacial score (nSPS) is 18.3. The van der Waals surface area contributed by atoms with Gasteiger partial charge in [0.2, 0.25) is 0 Å². The van der Waals surface area contributed by atoms with Gasteiger partial charge < -0.3 is 23.7 Å². The lowest BCUT2D eigenvalue weighted by atomic mass is 10.3. The summed E-state index contributed by atoms with van der Waals surface area (Å²) in [5.41, 5.74) is 1.24. The number of amides is 1. The number of ether oxygens (including phenoxy) is 2. The van der Waals surface area contributed by atoms with Crippen LogP contribution in [0, 0.1) is 6.92 Å². The lowest BCUT2D eigenvalue weighted by Gasteiger charge is -2.27. The molecule has 2 aromatic rings. The van der Waals surface area contributed by atoms with Gasteiger partial charge in [-0.2, -0.15) is 0 Å². The minimum Gasteiger partial charge on any atom is -0.445 e. The van der Waals surface area contributed by atoms with E-state index < -0.39 is 0 Å². The Balaban J connectivity index is 0.00000182. The van der Waals surface area contributed by atoms with E-state index in [4.69, 9.17) is 13.9 Å². The van der Waals surface area contributed by atoms with E-state index in [0.29, 0.717) is 62.2 Å². The van der Waals surface area contributed by atoms with Crippen molar-refractivity contribution in [3.8, 4) is 0 Å². The smallest absolute Gasteiger partial charge is 0.289 e. The molecule has 136 valence electrons. The van der Waals surface area contributed by atoms with E-state index in [-0.39, 0.29) is 13.3 Å². The average molecular weight is 348 g/mol. The first-order valence-electron chi connectivity index (χ1n) is 8.20. The highest BCUT2D eigenvalue weighted by Crippen LogP contribution is 2.28. The Bertz CT molecular complexity index is 748. The number of morpholine rings is 2. The lowest BCUT2D eigenvalue weighted by molar-refractivity contribution is 0.0284. The van der Waals surface area contributed by atoms with Crippen molar-refractivity contribution >= 4 is 22.8 Å². The highest BCUT2D eigenvalue weighted by atomic mass is 16.5. The van der Waals surface area contributed by atoms with E-state index in [2.05, 4.69) is 14.9 Å². The number of hydrogen-bond acceptors (Lipinski definition) is 7. The van der Waals surface area contributed by atoms with Crippen LogP contribution in [0.2, 0.25) is 0 Å². The average Bonchev–Trinajstić information content (AvgIpc) is 3.05. The molecule has 8 nitrogen and oxygen atoms in total. The van der Waals surface area contributed by atoms with Crippen molar-refractivity contribution in [2.75, 3.05) is 57.5 Å². The van der Waals surface area contributed by atoms with Crippen LogP contribution >= 0.6 is 0 Å². The molecule has 4 rings (SSSR count). The minimum absolute atomic E-state index is 0. The maximum Gasteiger partial charge on any atom is 0.289 e. The largest absolute Gasteiger partial charge is 0.445 e. The molecule has 2 aliphatic rings. The predicted molar refractivity (Wildman–Crippen MR) is 93.0 cm³/mol. The van der Waals surface area contributed by atoms with E-state index in [0.717, 1.165) is 18.9 Å². The molecule has 0 spiro atoms. The molecule has 0 unspecified atom stereocenters. The summed E-state index contributed by atoms with van der Waals surface area (Å²) >= 11 is 0. The Morgan fingerprint density at radius 3 is 2.36 bits per heavy atom.